The molecule has 0 bridgehead atoms. The van der Waals surface area contributed by atoms with Gasteiger partial charge < -0.3 is 15.0 Å². The molecule has 3 rings (SSSR count). The summed E-state index contributed by atoms with van der Waals surface area (Å²) in [6, 6.07) is 5.57. The number of hydrogen-bond donors (Lipinski definition) is 1. The molecule has 1 aliphatic heterocycles. The van der Waals surface area contributed by atoms with Crippen LogP contribution in [-0.4, -0.2) is 51.0 Å². The molecule has 0 aromatic carbocycles. The van der Waals surface area contributed by atoms with Gasteiger partial charge in [0.25, 0.3) is 0 Å². The van der Waals surface area contributed by atoms with Gasteiger partial charge in [-0.25, -0.2) is 14.5 Å². The molecule has 1 fully saturated rings. The number of amides is 2. The molecule has 1 saturated heterocycles. The lowest BCUT2D eigenvalue weighted by molar-refractivity contribution is -0.0860. The molecule has 0 spiro atoms. The topological polar surface area (TPSA) is 72.3 Å². The highest BCUT2D eigenvalue weighted by Gasteiger charge is 2.32. The zero-order valence-corrected chi connectivity index (χ0v) is 15.2. The lowest BCUT2D eigenvalue weighted by Crippen LogP contribution is -2.53. The molecule has 2 amide bonds. The van der Waals surface area contributed by atoms with Gasteiger partial charge in [-0.2, -0.15) is 5.10 Å². The van der Waals surface area contributed by atoms with E-state index in [2.05, 4.69) is 22.3 Å². The lowest BCUT2D eigenvalue weighted by Gasteiger charge is -2.39. The Bertz CT molecular complexity index is 755. The number of nitrogens with zero attached hydrogens (tertiary/aromatic N) is 4. The van der Waals surface area contributed by atoms with Gasteiger partial charge in [-0.3, -0.25) is 0 Å². The van der Waals surface area contributed by atoms with E-state index in [1.807, 2.05) is 39.0 Å². The maximum absolute atomic E-state index is 12.5. The van der Waals surface area contributed by atoms with Crippen molar-refractivity contribution in [1.82, 2.24) is 19.7 Å². The van der Waals surface area contributed by atoms with Gasteiger partial charge >= 0.3 is 6.03 Å². The first-order valence-corrected chi connectivity index (χ1v) is 8.60. The fourth-order valence-corrected chi connectivity index (χ4v) is 2.97. The Morgan fingerprint density at radius 2 is 2.20 bits per heavy atom. The Labute approximate surface area is 148 Å². The van der Waals surface area contributed by atoms with Crippen LogP contribution in [0, 0.1) is 13.8 Å². The zero-order chi connectivity index (χ0) is 18.0. The number of ether oxygens (including phenoxy) is 1. The predicted octanol–water partition coefficient (Wildman–Crippen LogP) is 2.92. The Morgan fingerprint density at radius 1 is 1.40 bits per heavy atom. The number of hydrogen-bond acceptors (Lipinski definition) is 4. The second kappa shape index (κ2) is 6.84. The Kier molecular flexibility index (Phi) is 4.76. The SMILES string of the molecule is CCC1(C)CN(C(=O)Nc2ccc(-n3nc(C)cc3C)nc2)CCO1. The van der Waals surface area contributed by atoms with Crippen LogP contribution in [0.4, 0.5) is 10.5 Å². The number of anilines is 1. The summed E-state index contributed by atoms with van der Waals surface area (Å²) in [5, 5.41) is 7.33. The van der Waals surface area contributed by atoms with Gasteiger partial charge in [0.05, 0.1) is 36.3 Å². The third-order valence-corrected chi connectivity index (χ3v) is 4.60. The summed E-state index contributed by atoms with van der Waals surface area (Å²) in [7, 11) is 0. The molecular formula is C18H25N5O2. The molecule has 7 nitrogen and oxygen atoms in total. The maximum atomic E-state index is 12.5. The predicted molar refractivity (Wildman–Crippen MR) is 96.1 cm³/mol. The summed E-state index contributed by atoms with van der Waals surface area (Å²) < 4.78 is 7.57. The second-order valence-corrected chi connectivity index (χ2v) is 6.75. The van der Waals surface area contributed by atoms with Gasteiger partial charge in [0.15, 0.2) is 5.82 Å². The van der Waals surface area contributed by atoms with Crippen LogP contribution in [0.3, 0.4) is 0 Å². The van der Waals surface area contributed by atoms with Crippen LogP contribution in [0.15, 0.2) is 24.4 Å². The van der Waals surface area contributed by atoms with E-state index in [4.69, 9.17) is 4.74 Å². The summed E-state index contributed by atoms with van der Waals surface area (Å²) in [6.07, 6.45) is 2.53. The maximum Gasteiger partial charge on any atom is 0.322 e. The quantitative estimate of drug-likeness (QED) is 0.930. The van der Waals surface area contributed by atoms with E-state index >= 15 is 0 Å². The van der Waals surface area contributed by atoms with Crippen LogP contribution in [-0.2, 0) is 4.74 Å². The molecule has 2 aromatic rings. The van der Waals surface area contributed by atoms with Crippen molar-refractivity contribution in [3.05, 3.63) is 35.8 Å². The fourth-order valence-electron chi connectivity index (χ4n) is 2.97. The highest BCUT2D eigenvalue weighted by atomic mass is 16.5. The lowest BCUT2D eigenvalue weighted by atomic mass is 10.0. The molecule has 0 aliphatic carbocycles. The van der Waals surface area contributed by atoms with E-state index in [0.29, 0.717) is 25.4 Å². The van der Waals surface area contributed by atoms with Gasteiger partial charge in [0.1, 0.15) is 0 Å². The second-order valence-electron chi connectivity index (χ2n) is 6.75. The minimum atomic E-state index is -0.271. The van der Waals surface area contributed by atoms with Crippen molar-refractivity contribution in [2.24, 2.45) is 0 Å². The van der Waals surface area contributed by atoms with Gasteiger partial charge in [-0.1, -0.05) is 6.92 Å². The van der Waals surface area contributed by atoms with Gasteiger partial charge in [-0.05, 0) is 45.4 Å². The van der Waals surface area contributed by atoms with Gasteiger partial charge in [0, 0.05) is 12.2 Å². The van der Waals surface area contributed by atoms with Crippen molar-refractivity contribution in [3.63, 3.8) is 0 Å². The number of aromatic nitrogens is 3. The monoisotopic (exact) mass is 343 g/mol. The molecule has 25 heavy (non-hydrogen) atoms. The fraction of sp³-hybridized carbons (Fsp3) is 0.500. The molecule has 1 unspecified atom stereocenters. The molecule has 7 heteroatoms. The largest absolute Gasteiger partial charge is 0.372 e. The van der Waals surface area contributed by atoms with Crippen molar-refractivity contribution in [2.75, 3.05) is 25.0 Å². The molecule has 1 atom stereocenters. The first-order chi connectivity index (χ1) is 11.9. The molecule has 1 N–H and O–H groups in total. The normalized spacial score (nSPS) is 20.6. The van der Waals surface area contributed by atoms with Crippen molar-refractivity contribution >= 4 is 11.7 Å². The number of aryl methyl sites for hydroxylation is 2. The van der Waals surface area contributed by atoms with Crippen LogP contribution >= 0.6 is 0 Å². The zero-order valence-electron chi connectivity index (χ0n) is 15.2. The number of morpholine rings is 1. The summed E-state index contributed by atoms with van der Waals surface area (Å²) in [5.74, 6) is 0.730. The van der Waals surface area contributed by atoms with Crippen LogP contribution in [0.2, 0.25) is 0 Å². The van der Waals surface area contributed by atoms with Crippen LogP contribution in [0.5, 0.6) is 0 Å². The Morgan fingerprint density at radius 3 is 2.80 bits per heavy atom. The van der Waals surface area contributed by atoms with Crippen molar-refractivity contribution < 1.29 is 9.53 Å². The molecule has 0 radical (unpaired) electrons. The Balaban J connectivity index is 1.67. The van der Waals surface area contributed by atoms with E-state index in [0.717, 1.165) is 23.6 Å². The summed E-state index contributed by atoms with van der Waals surface area (Å²) in [6.45, 7) is 9.80. The Hall–Kier alpha value is -2.41. The number of pyridine rings is 1. The summed E-state index contributed by atoms with van der Waals surface area (Å²) in [4.78, 5) is 18.7. The minimum Gasteiger partial charge on any atom is -0.372 e. The van der Waals surface area contributed by atoms with Gasteiger partial charge in [-0.15, -0.1) is 0 Å². The smallest absolute Gasteiger partial charge is 0.322 e. The highest BCUT2D eigenvalue weighted by molar-refractivity contribution is 5.89. The van der Waals surface area contributed by atoms with E-state index < -0.39 is 0 Å². The van der Waals surface area contributed by atoms with E-state index in [1.54, 1.807) is 15.8 Å². The molecule has 3 heterocycles. The first-order valence-electron chi connectivity index (χ1n) is 8.60. The molecule has 2 aromatic heterocycles. The van der Waals surface area contributed by atoms with E-state index in [-0.39, 0.29) is 11.6 Å². The summed E-state index contributed by atoms with van der Waals surface area (Å²) in [5.41, 5.74) is 2.37. The van der Waals surface area contributed by atoms with Crippen molar-refractivity contribution in [2.45, 2.75) is 39.7 Å². The van der Waals surface area contributed by atoms with Crippen molar-refractivity contribution in [1.29, 1.82) is 0 Å². The van der Waals surface area contributed by atoms with E-state index in [9.17, 15) is 4.79 Å². The molecule has 0 saturated carbocycles. The highest BCUT2D eigenvalue weighted by Crippen LogP contribution is 2.21. The standard InChI is InChI=1S/C18H25N5O2/c1-5-18(4)12-22(8-9-25-18)17(24)20-15-6-7-16(19-11-15)23-14(3)10-13(2)21-23/h6-7,10-11H,5,8-9,12H2,1-4H3,(H,20,24). The average Bonchev–Trinajstić information content (AvgIpc) is 2.94. The van der Waals surface area contributed by atoms with Crippen LogP contribution in [0.25, 0.3) is 5.82 Å². The number of urea groups is 1. The molecule has 134 valence electrons. The first kappa shape index (κ1) is 17.4. The van der Waals surface area contributed by atoms with Gasteiger partial charge in [0.2, 0.25) is 0 Å². The number of nitrogens with one attached hydrogen (secondary N) is 1. The van der Waals surface area contributed by atoms with E-state index in [1.165, 1.54) is 0 Å². The van der Waals surface area contributed by atoms with Crippen LogP contribution < -0.4 is 5.32 Å². The third-order valence-electron chi connectivity index (χ3n) is 4.60. The molecule has 1 aliphatic rings. The van der Waals surface area contributed by atoms with Crippen LogP contribution in [0.1, 0.15) is 31.7 Å². The average molecular weight is 343 g/mol. The summed E-state index contributed by atoms with van der Waals surface area (Å²) >= 11 is 0. The number of rotatable bonds is 3. The molecular weight excluding hydrogens is 318 g/mol. The third kappa shape index (κ3) is 3.82. The minimum absolute atomic E-state index is 0.122. The number of carbonyl (C=O) groups excluding carboxylic acids is 1. The van der Waals surface area contributed by atoms with Crippen molar-refractivity contribution in [3.8, 4) is 5.82 Å². The number of carbonyl (C=O) groups is 1.